The van der Waals surface area contributed by atoms with E-state index in [-0.39, 0.29) is 0 Å². The quantitative estimate of drug-likeness (QED) is 0.541. The summed E-state index contributed by atoms with van der Waals surface area (Å²) in [6.45, 7) is 9.60. The summed E-state index contributed by atoms with van der Waals surface area (Å²) in [5, 5.41) is 3.45. The van der Waals surface area contributed by atoms with E-state index in [4.69, 9.17) is 5.84 Å². The third-order valence-electron chi connectivity index (χ3n) is 3.97. The predicted octanol–water partition coefficient (Wildman–Crippen LogP) is 1.53. The zero-order chi connectivity index (χ0) is 14.5. The van der Waals surface area contributed by atoms with Gasteiger partial charge in [-0.2, -0.15) is 0 Å². The number of anilines is 2. The first-order chi connectivity index (χ1) is 9.65. The molecule has 2 rings (SSSR count). The van der Waals surface area contributed by atoms with Gasteiger partial charge in [0.1, 0.15) is 17.5 Å². The SMILES string of the molecule is CCc1nc(NN)c(C)c(NCC(C)N2CCCC2)n1. The average molecular weight is 278 g/mol. The van der Waals surface area contributed by atoms with E-state index < -0.39 is 0 Å². The van der Waals surface area contributed by atoms with Gasteiger partial charge in [-0.3, -0.25) is 4.90 Å². The van der Waals surface area contributed by atoms with Gasteiger partial charge >= 0.3 is 0 Å². The van der Waals surface area contributed by atoms with E-state index in [2.05, 4.69) is 32.5 Å². The molecule has 1 aromatic rings. The van der Waals surface area contributed by atoms with Gasteiger partial charge in [0.15, 0.2) is 0 Å². The number of rotatable bonds is 6. The summed E-state index contributed by atoms with van der Waals surface area (Å²) in [5.41, 5.74) is 3.62. The van der Waals surface area contributed by atoms with Crippen LogP contribution in [-0.2, 0) is 6.42 Å². The number of hydrogen-bond donors (Lipinski definition) is 3. The molecule has 0 amide bonds. The topological polar surface area (TPSA) is 79.1 Å². The second-order valence-electron chi connectivity index (χ2n) is 5.43. The molecule has 0 aliphatic carbocycles. The second kappa shape index (κ2) is 6.85. The Hall–Kier alpha value is -1.40. The summed E-state index contributed by atoms with van der Waals surface area (Å²) in [6.07, 6.45) is 3.43. The van der Waals surface area contributed by atoms with Gasteiger partial charge in [-0.1, -0.05) is 6.92 Å². The van der Waals surface area contributed by atoms with Gasteiger partial charge in [0.2, 0.25) is 0 Å². The first kappa shape index (κ1) is 15.0. The minimum Gasteiger partial charge on any atom is -0.368 e. The van der Waals surface area contributed by atoms with Crippen molar-refractivity contribution in [2.45, 2.75) is 46.1 Å². The molecule has 1 aliphatic rings. The van der Waals surface area contributed by atoms with Crippen LogP contribution in [0.5, 0.6) is 0 Å². The molecule has 0 radical (unpaired) electrons. The van der Waals surface area contributed by atoms with Gasteiger partial charge in [-0.05, 0) is 39.8 Å². The highest BCUT2D eigenvalue weighted by molar-refractivity contribution is 5.56. The first-order valence-electron chi connectivity index (χ1n) is 7.47. The first-order valence-corrected chi connectivity index (χ1v) is 7.47. The van der Waals surface area contributed by atoms with Gasteiger partial charge in [-0.15, -0.1) is 0 Å². The lowest BCUT2D eigenvalue weighted by Gasteiger charge is -2.24. The Morgan fingerprint density at radius 1 is 1.25 bits per heavy atom. The maximum Gasteiger partial charge on any atom is 0.148 e. The van der Waals surface area contributed by atoms with Crippen LogP contribution in [0.1, 0.15) is 38.1 Å². The Morgan fingerprint density at radius 2 is 1.90 bits per heavy atom. The lowest BCUT2D eigenvalue weighted by molar-refractivity contribution is 0.269. The zero-order valence-electron chi connectivity index (χ0n) is 12.7. The number of nitrogen functional groups attached to an aromatic ring is 1. The summed E-state index contributed by atoms with van der Waals surface area (Å²) < 4.78 is 0. The van der Waals surface area contributed by atoms with Crippen LogP contribution in [-0.4, -0.2) is 40.5 Å². The molecule has 6 nitrogen and oxygen atoms in total. The molecule has 0 bridgehead atoms. The highest BCUT2D eigenvalue weighted by Gasteiger charge is 2.18. The van der Waals surface area contributed by atoms with Crippen LogP contribution in [0.4, 0.5) is 11.6 Å². The zero-order valence-corrected chi connectivity index (χ0v) is 12.7. The van der Waals surface area contributed by atoms with Crippen molar-refractivity contribution in [2.75, 3.05) is 30.4 Å². The van der Waals surface area contributed by atoms with Crippen LogP contribution < -0.4 is 16.6 Å². The Balaban J connectivity index is 2.04. The maximum atomic E-state index is 5.52. The molecule has 1 atom stereocenters. The Labute approximate surface area is 121 Å². The number of hydrogen-bond acceptors (Lipinski definition) is 6. The fraction of sp³-hybridized carbons (Fsp3) is 0.714. The van der Waals surface area contributed by atoms with E-state index in [1.807, 2.05) is 13.8 Å². The van der Waals surface area contributed by atoms with E-state index >= 15 is 0 Å². The van der Waals surface area contributed by atoms with Crippen molar-refractivity contribution in [3.8, 4) is 0 Å². The summed E-state index contributed by atoms with van der Waals surface area (Å²) in [6, 6.07) is 0.520. The number of aromatic nitrogens is 2. The second-order valence-corrected chi connectivity index (χ2v) is 5.43. The van der Waals surface area contributed by atoms with Crippen molar-refractivity contribution >= 4 is 11.6 Å². The summed E-state index contributed by atoms with van der Waals surface area (Å²) in [5.74, 6) is 7.91. The minimum atomic E-state index is 0.520. The number of likely N-dealkylation sites (tertiary alicyclic amines) is 1. The molecule has 20 heavy (non-hydrogen) atoms. The largest absolute Gasteiger partial charge is 0.368 e. The van der Waals surface area contributed by atoms with Crippen LogP contribution in [0.25, 0.3) is 0 Å². The van der Waals surface area contributed by atoms with Gasteiger partial charge in [-0.25, -0.2) is 15.8 Å². The van der Waals surface area contributed by atoms with E-state index in [0.29, 0.717) is 11.9 Å². The number of nitrogens with one attached hydrogen (secondary N) is 2. The minimum absolute atomic E-state index is 0.520. The van der Waals surface area contributed by atoms with E-state index in [1.165, 1.54) is 25.9 Å². The molecule has 0 saturated carbocycles. The van der Waals surface area contributed by atoms with Gasteiger partial charge in [0.05, 0.1) is 0 Å². The number of hydrazine groups is 1. The van der Waals surface area contributed by atoms with Crippen molar-refractivity contribution in [1.29, 1.82) is 0 Å². The molecule has 1 fully saturated rings. The molecule has 2 heterocycles. The molecule has 1 aromatic heterocycles. The third-order valence-corrected chi connectivity index (χ3v) is 3.97. The van der Waals surface area contributed by atoms with Crippen LogP contribution in [0, 0.1) is 6.92 Å². The fourth-order valence-electron chi connectivity index (χ4n) is 2.59. The van der Waals surface area contributed by atoms with Crippen LogP contribution in [0.15, 0.2) is 0 Å². The molecule has 0 aromatic carbocycles. The highest BCUT2D eigenvalue weighted by atomic mass is 15.3. The molecule has 1 aliphatic heterocycles. The number of nitrogens with zero attached hydrogens (tertiary/aromatic N) is 3. The van der Waals surface area contributed by atoms with E-state index in [9.17, 15) is 0 Å². The standard InChI is InChI=1S/C14H26N6/c1-4-12-17-13(11(3)14(18-12)19-15)16-9-10(2)20-7-5-6-8-20/h10H,4-9,15H2,1-3H3,(H2,16,17,18,19). The van der Waals surface area contributed by atoms with Crippen LogP contribution >= 0.6 is 0 Å². The smallest absolute Gasteiger partial charge is 0.148 e. The lowest BCUT2D eigenvalue weighted by Crippen LogP contribution is -2.35. The van der Waals surface area contributed by atoms with E-state index in [0.717, 1.165) is 30.2 Å². The Bertz CT molecular complexity index is 442. The average Bonchev–Trinajstić information content (AvgIpc) is 3.00. The monoisotopic (exact) mass is 278 g/mol. The number of aryl methyl sites for hydroxylation is 1. The van der Waals surface area contributed by atoms with Crippen molar-refractivity contribution in [2.24, 2.45) is 5.84 Å². The molecule has 6 heteroatoms. The summed E-state index contributed by atoms with van der Waals surface area (Å²) in [7, 11) is 0. The van der Waals surface area contributed by atoms with Gasteiger partial charge in [0, 0.05) is 24.6 Å². The normalized spacial score (nSPS) is 17.2. The molecule has 1 unspecified atom stereocenters. The summed E-state index contributed by atoms with van der Waals surface area (Å²) >= 11 is 0. The predicted molar refractivity (Wildman–Crippen MR) is 82.7 cm³/mol. The lowest BCUT2D eigenvalue weighted by atomic mass is 10.2. The van der Waals surface area contributed by atoms with Crippen LogP contribution in [0.2, 0.25) is 0 Å². The van der Waals surface area contributed by atoms with Gasteiger partial charge < -0.3 is 10.7 Å². The van der Waals surface area contributed by atoms with Gasteiger partial charge in [0.25, 0.3) is 0 Å². The maximum absolute atomic E-state index is 5.52. The van der Waals surface area contributed by atoms with Crippen LogP contribution in [0.3, 0.4) is 0 Å². The molecule has 112 valence electrons. The van der Waals surface area contributed by atoms with Crippen molar-refractivity contribution < 1.29 is 0 Å². The fourth-order valence-corrected chi connectivity index (χ4v) is 2.59. The highest BCUT2D eigenvalue weighted by Crippen LogP contribution is 2.20. The van der Waals surface area contributed by atoms with Crippen molar-refractivity contribution in [1.82, 2.24) is 14.9 Å². The third kappa shape index (κ3) is 3.37. The molecule has 0 spiro atoms. The molecular formula is C14H26N6. The summed E-state index contributed by atoms with van der Waals surface area (Å²) in [4.78, 5) is 11.5. The van der Waals surface area contributed by atoms with Crippen molar-refractivity contribution in [3.05, 3.63) is 11.4 Å². The van der Waals surface area contributed by atoms with E-state index in [1.54, 1.807) is 0 Å². The number of nitrogens with two attached hydrogens (primary N) is 1. The van der Waals surface area contributed by atoms with Crippen molar-refractivity contribution in [3.63, 3.8) is 0 Å². The Kier molecular flexibility index (Phi) is 5.14. The molecule has 4 N–H and O–H groups in total. The molecular weight excluding hydrogens is 252 g/mol. The molecule has 1 saturated heterocycles. The Morgan fingerprint density at radius 3 is 2.50 bits per heavy atom.